The molecule has 0 spiro atoms. The molecule has 2 heterocycles. The van der Waals surface area contributed by atoms with E-state index in [-0.39, 0.29) is 10.8 Å². The van der Waals surface area contributed by atoms with Gasteiger partial charge in [-0.05, 0) is 112 Å². The summed E-state index contributed by atoms with van der Waals surface area (Å²) in [5.74, 6) is 2.11. The average Bonchev–Trinajstić information content (AvgIpc) is 3.51. The van der Waals surface area contributed by atoms with Gasteiger partial charge < -0.3 is 14.4 Å². The van der Waals surface area contributed by atoms with Crippen LogP contribution in [-0.4, -0.2) is 36.6 Å². The van der Waals surface area contributed by atoms with Crippen LogP contribution in [0.25, 0.3) is 0 Å². The lowest BCUT2D eigenvalue weighted by atomic mass is 9.80. The van der Waals surface area contributed by atoms with Crippen LogP contribution in [0.3, 0.4) is 0 Å². The molecule has 0 saturated carbocycles. The second kappa shape index (κ2) is 19.3. The highest BCUT2D eigenvalue weighted by Crippen LogP contribution is 2.51. The normalized spacial score (nSPS) is 19.0. The highest BCUT2D eigenvalue weighted by atomic mass is 35.5. The number of unbranched alkanes of at least 4 members (excludes halogenated alkanes) is 4. The molecule has 0 bridgehead atoms. The van der Waals surface area contributed by atoms with Crippen LogP contribution in [-0.2, 0) is 23.7 Å². The Morgan fingerprint density at radius 1 is 0.709 bits per heavy atom. The molecule has 5 rings (SSSR count). The third-order valence-electron chi connectivity index (χ3n) is 12.2. The van der Waals surface area contributed by atoms with Crippen LogP contribution in [0.4, 0.5) is 11.4 Å². The average molecular weight is 769 g/mol. The molecule has 5 heteroatoms. The van der Waals surface area contributed by atoms with Crippen molar-refractivity contribution in [3.05, 3.63) is 92.7 Å². The third-order valence-corrected chi connectivity index (χ3v) is 12.7. The Hall–Kier alpha value is -3.24. The van der Waals surface area contributed by atoms with E-state index < -0.39 is 0 Å². The Balaban J connectivity index is 1.50. The zero-order valence-electron chi connectivity index (χ0n) is 36.2. The lowest BCUT2D eigenvalue weighted by Crippen LogP contribution is -2.28. The van der Waals surface area contributed by atoms with Crippen LogP contribution in [0.1, 0.15) is 162 Å². The van der Waals surface area contributed by atoms with Crippen LogP contribution in [0.2, 0.25) is 0 Å². The SMILES string of the molecule is CCCCOc1cc2c(cc1CC)[N+](CCCC)=C(/C=C/C1=C(Cl)C(=C/C=C3\N(CCCC)c4cc(CC)c(OCCCC)cc4C3(C)C)/CCC1)C2(C)C. The van der Waals surface area contributed by atoms with Gasteiger partial charge in [0.1, 0.15) is 18.0 Å². The number of anilines is 1. The minimum atomic E-state index is -0.150. The van der Waals surface area contributed by atoms with Crippen molar-refractivity contribution in [3.63, 3.8) is 0 Å². The van der Waals surface area contributed by atoms with Crippen LogP contribution >= 0.6 is 11.6 Å². The standard InChI is InChI=1S/C50H72ClN2O2/c1-11-17-28-52-42-32-36(15-5)44(54-30-19-13-3)34-40(42)49(7,8)46(52)26-24-38-22-21-23-39(48(38)51)25-27-47-50(9,10)41-35-45(55-31-20-14-4)37(16-6)33-43(41)53(47)29-18-12-2/h24-27,32-35H,11-23,28-31H2,1-10H3/q+1. The topological polar surface area (TPSA) is 24.7 Å². The summed E-state index contributed by atoms with van der Waals surface area (Å²) in [5, 5.41) is 0.918. The molecule has 300 valence electrons. The number of aryl methyl sites for hydroxylation is 2. The lowest BCUT2D eigenvalue weighted by Gasteiger charge is -2.27. The predicted molar refractivity (Wildman–Crippen MR) is 237 cm³/mol. The molecule has 2 aliphatic heterocycles. The lowest BCUT2D eigenvalue weighted by molar-refractivity contribution is -0.438. The molecule has 0 N–H and O–H groups in total. The van der Waals surface area contributed by atoms with Crippen LogP contribution in [0, 0.1) is 0 Å². The molecule has 3 aliphatic rings. The third kappa shape index (κ3) is 9.16. The summed E-state index contributed by atoms with van der Waals surface area (Å²) in [6.45, 7) is 26.6. The first-order valence-corrected chi connectivity index (χ1v) is 22.4. The van der Waals surface area contributed by atoms with E-state index in [1.54, 1.807) is 0 Å². The Kier molecular flexibility index (Phi) is 15.0. The molecule has 0 saturated heterocycles. The Morgan fingerprint density at radius 3 is 1.95 bits per heavy atom. The second-order valence-corrected chi connectivity index (χ2v) is 17.4. The molecular formula is C50H72ClN2O2+. The zero-order valence-corrected chi connectivity index (χ0v) is 37.0. The van der Waals surface area contributed by atoms with E-state index in [1.165, 1.54) is 56.2 Å². The van der Waals surface area contributed by atoms with Gasteiger partial charge in [-0.2, -0.15) is 4.58 Å². The first-order valence-electron chi connectivity index (χ1n) is 22.0. The van der Waals surface area contributed by atoms with Crippen LogP contribution in [0.5, 0.6) is 11.5 Å². The van der Waals surface area contributed by atoms with Crippen molar-refractivity contribution >= 4 is 28.7 Å². The second-order valence-electron chi connectivity index (χ2n) is 17.0. The van der Waals surface area contributed by atoms with Crippen molar-refractivity contribution in [1.29, 1.82) is 0 Å². The van der Waals surface area contributed by atoms with Gasteiger partial charge in [0.25, 0.3) is 0 Å². The Labute approximate surface area is 340 Å². The van der Waals surface area contributed by atoms with Gasteiger partial charge in [0.15, 0.2) is 5.71 Å². The van der Waals surface area contributed by atoms with Gasteiger partial charge in [-0.1, -0.05) is 105 Å². The number of halogens is 1. The maximum atomic E-state index is 7.38. The fourth-order valence-corrected chi connectivity index (χ4v) is 8.95. The van der Waals surface area contributed by atoms with Crippen molar-refractivity contribution < 1.29 is 14.0 Å². The Bertz CT molecular complexity index is 1820. The quantitative estimate of drug-likeness (QED) is 0.105. The van der Waals surface area contributed by atoms with Crippen molar-refractivity contribution in [3.8, 4) is 11.5 Å². The van der Waals surface area contributed by atoms with E-state index in [0.717, 1.165) is 126 Å². The molecule has 0 atom stereocenters. The minimum absolute atomic E-state index is 0.150. The van der Waals surface area contributed by atoms with Gasteiger partial charge >= 0.3 is 0 Å². The van der Waals surface area contributed by atoms with E-state index in [0.29, 0.717) is 0 Å². The molecule has 55 heavy (non-hydrogen) atoms. The summed E-state index contributed by atoms with van der Waals surface area (Å²) < 4.78 is 15.3. The molecule has 2 aromatic rings. The molecule has 2 aromatic carbocycles. The van der Waals surface area contributed by atoms with E-state index in [1.807, 2.05) is 0 Å². The summed E-state index contributed by atoms with van der Waals surface area (Å²) in [7, 11) is 0. The number of hydrogen-bond donors (Lipinski definition) is 0. The van der Waals surface area contributed by atoms with E-state index in [9.17, 15) is 0 Å². The molecule has 0 unspecified atom stereocenters. The van der Waals surface area contributed by atoms with Gasteiger partial charge in [0.2, 0.25) is 5.69 Å². The molecule has 0 fully saturated rings. The summed E-state index contributed by atoms with van der Waals surface area (Å²) >= 11 is 7.38. The molecule has 4 nitrogen and oxygen atoms in total. The van der Waals surface area contributed by atoms with Crippen LogP contribution in [0.15, 0.2) is 70.4 Å². The first-order chi connectivity index (χ1) is 26.5. The van der Waals surface area contributed by atoms with Gasteiger partial charge in [0, 0.05) is 58.1 Å². The van der Waals surface area contributed by atoms with Crippen molar-refractivity contribution in [1.82, 2.24) is 0 Å². The van der Waals surface area contributed by atoms with E-state index in [4.69, 9.17) is 21.1 Å². The number of ether oxygens (including phenoxy) is 2. The summed E-state index contributed by atoms with van der Waals surface area (Å²) in [6, 6.07) is 9.51. The van der Waals surface area contributed by atoms with Gasteiger partial charge in [-0.25, -0.2) is 0 Å². The summed E-state index contributed by atoms with van der Waals surface area (Å²) in [6.07, 6.45) is 23.5. The van der Waals surface area contributed by atoms with Gasteiger partial charge in [-0.15, -0.1) is 0 Å². The monoisotopic (exact) mass is 768 g/mol. The number of nitrogens with zero attached hydrogens (tertiary/aromatic N) is 2. The van der Waals surface area contributed by atoms with Crippen molar-refractivity contribution in [2.75, 3.05) is 31.2 Å². The smallest absolute Gasteiger partial charge is 0.210 e. The number of fused-ring (bicyclic) bond motifs is 2. The molecule has 0 aromatic heterocycles. The minimum Gasteiger partial charge on any atom is -0.493 e. The number of benzene rings is 2. The Morgan fingerprint density at radius 2 is 1.33 bits per heavy atom. The molecule has 1 aliphatic carbocycles. The highest BCUT2D eigenvalue weighted by Gasteiger charge is 2.45. The van der Waals surface area contributed by atoms with Crippen LogP contribution < -0.4 is 14.4 Å². The number of hydrogen-bond acceptors (Lipinski definition) is 3. The predicted octanol–water partition coefficient (Wildman–Crippen LogP) is 14.0. The molecule has 0 radical (unpaired) electrons. The first kappa shape index (κ1) is 42.9. The maximum absolute atomic E-state index is 7.38. The summed E-state index contributed by atoms with van der Waals surface area (Å²) in [5.41, 5.74) is 12.9. The highest BCUT2D eigenvalue weighted by molar-refractivity contribution is 6.32. The van der Waals surface area contributed by atoms with E-state index >= 15 is 0 Å². The molecule has 0 amide bonds. The van der Waals surface area contributed by atoms with Gasteiger partial charge in [-0.3, -0.25) is 0 Å². The maximum Gasteiger partial charge on any atom is 0.210 e. The van der Waals surface area contributed by atoms with Crippen molar-refractivity contribution in [2.24, 2.45) is 0 Å². The fraction of sp³-hybridized carbons (Fsp3) is 0.580. The van der Waals surface area contributed by atoms with Crippen molar-refractivity contribution in [2.45, 2.75) is 164 Å². The zero-order chi connectivity index (χ0) is 39.8. The summed E-state index contributed by atoms with van der Waals surface area (Å²) in [4.78, 5) is 2.58. The largest absolute Gasteiger partial charge is 0.493 e. The molecular weight excluding hydrogens is 696 g/mol. The van der Waals surface area contributed by atoms with E-state index in [2.05, 4.69) is 127 Å². The number of rotatable bonds is 19. The number of allylic oxidation sites excluding steroid dienone is 8. The fourth-order valence-electron chi connectivity index (χ4n) is 8.63. The van der Waals surface area contributed by atoms with Gasteiger partial charge in [0.05, 0.1) is 18.6 Å².